The van der Waals surface area contributed by atoms with Crippen LogP contribution < -0.4 is 16.4 Å². The fraction of sp³-hybridized carbons (Fsp3) is 0.588. The Balaban J connectivity index is 2.77. The Labute approximate surface area is 162 Å². The molecule has 1 aromatic heterocycles. The molecular formula is C17H27N5O6. The molecular weight excluding hydrogens is 370 g/mol. The molecule has 11 nitrogen and oxygen atoms in total. The number of amides is 2. The Morgan fingerprint density at radius 3 is 2.29 bits per heavy atom. The van der Waals surface area contributed by atoms with Crippen molar-refractivity contribution in [2.75, 3.05) is 0 Å². The number of hydrogen-bond donors (Lipinski definition) is 6. The van der Waals surface area contributed by atoms with Gasteiger partial charge in [-0.2, -0.15) is 0 Å². The third-order valence-corrected chi connectivity index (χ3v) is 3.93. The van der Waals surface area contributed by atoms with Crippen LogP contribution in [-0.2, 0) is 25.6 Å². The van der Waals surface area contributed by atoms with Gasteiger partial charge in [0.15, 0.2) is 0 Å². The number of hydrogen-bond acceptors (Lipinski definition) is 6. The van der Waals surface area contributed by atoms with E-state index in [4.69, 9.17) is 10.8 Å². The van der Waals surface area contributed by atoms with Crippen LogP contribution in [0, 0.1) is 5.92 Å². The first kappa shape index (κ1) is 23.1. The maximum Gasteiger partial charge on any atom is 0.326 e. The minimum absolute atomic E-state index is 0.0228. The lowest BCUT2D eigenvalue weighted by atomic mass is 10.0. The molecule has 0 spiro atoms. The van der Waals surface area contributed by atoms with Crippen molar-refractivity contribution in [1.82, 2.24) is 20.6 Å². The molecule has 0 unspecified atom stereocenters. The Hall–Kier alpha value is -2.95. The van der Waals surface area contributed by atoms with Crippen LogP contribution >= 0.6 is 0 Å². The molecule has 1 aromatic rings. The number of carboxylic acids is 2. The predicted octanol–water partition coefficient (Wildman–Crippen LogP) is -0.755. The van der Waals surface area contributed by atoms with Crippen molar-refractivity contribution in [3.8, 4) is 0 Å². The summed E-state index contributed by atoms with van der Waals surface area (Å²) in [5.41, 5.74) is 6.14. The van der Waals surface area contributed by atoms with Gasteiger partial charge in [-0.3, -0.25) is 14.4 Å². The molecule has 7 N–H and O–H groups in total. The molecule has 11 heteroatoms. The number of imidazole rings is 1. The monoisotopic (exact) mass is 397 g/mol. The molecule has 28 heavy (non-hydrogen) atoms. The van der Waals surface area contributed by atoms with Crippen LogP contribution in [0.5, 0.6) is 0 Å². The van der Waals surface area contributed by atoms with Gasteiger partial charge in [-0.25, -0.2) is 9.78 Å². The second-order valence-electron chi connectivity index (χ2n) is 6.89. The summed E-state index contributed by atoms with van der Waals surface area (Å²) in [4.78, 5) is 53.5. The highest BCUT2D eigenvalue weighted by molar-refractivity contribution is 5.91. The number of carbonyl (C=O) groups is 4. The number of aromatic amines is 1. The molecule has 156 valence electrons. The van der Waals surface area contributed by atoms with Gasteiger partial charge in [0.25, 0.3) is 0 Å². The molecule has 0 radical (unpaired) electrons. The summed E-state index contributed by atoms with van der Waals surface area (Å²) in [6, 6.07) is -3.30. The van der Waals surface area contributed by atoms with Crippen molar-refractivity contribution >= 4 is 23.8 Å². The third kappa shape index (κ3) is 8.16. The number of nitrogens with zero attached hydrogens (tertiary/aromatic N) is 1. The molecule has 0 saturated carbocycles. The summed E-state index contributed by atoms with van der Waals surface area (Å²) in [5.74, 6) is -3.61. The maximum atomic E-state index is 12.6. The largest absolute Gasteiger partial charge is 0.481 e. The first-order chi connectivity index (χ1) is 13.1. The predicted molar refractivity (Wildman–Crippen MR) is 98.1 cm³/mol. The number of aromatic nitrogens is 2. The highest BCUT2D eigenvalue weighted by atomic mass is 16.4. The first-order valence-corrected chi connectivity index (χ1v) is 8.88. The highest BCUT2D eigenvalue weighted by Crippen LogP contribution is 2.08. The second kappa shape index (κ2) is 11.0. The zero-order valence-corrected chi connectivity index (χ0v) is 15.8. The molecule has 0 fully saturated rings. The number of H-pyrrole nitrogens is 1. The van der Waals surface area contributed by atoms with E-state index in [0.717, 1.165) is 0 Å². The van der Waals surface area contributed by atoms with Gasteiger partial charge < -0.3 is 31.6 Å². The molecule has 0 aliphatic carbocycles. The normalized spacial score (nSPS) is 14.1. The summed E-state index contributed by atoms with van der Waals surface area (Å²) in [6.07, 6.45) is 2.81. The van der Waals surface area contributed by atoms with E-state index >= 15 is 0 Å². The van der Waals surface area contributed by atoms with Crippen molar-refractivity contribution in [2.45, 2.75) is 57.7 Å². The summed E-state index contributed by atoms with van der Waals surface area (Å²) < 4.78 is 0. The van der Waals surface area contributed by atoms with Crippen LogP contribution in [-0.4, -0.2) is 62.1 Å². The minimum Gasteiger partial charge on any atom is -0.481 e. The zero-order chi connectivity index (χ0) is 21.3. The smallest absolute Gasteiger partial charge is 0.326 e. The second-order valence-corrected chi connectivity index (χ2v) is 6.89. The molecule has 0 aliphatic rings. The summed E-state index contributed by atoms with van der Waals surface area (Å²) in [7, 11) is 0. The van der Waals surface area contributed by atoms with Crippen LogP contribution in [0.15, 0.2) is 12.5 Å². The summed E-state index contributed by atoms with van der Waals surface area (Å²) in [6.45, 7) is 3.68. The molecule has 0 saturated heterocycles. The van der Waals surface area contributed by atoms with E-state index in [2.05, 4.69) is 20.6 Å². The number of aliphatic carboxylic acids is 2. The van der Waals surface area contributed by atoms with E-state index in [1.54, 1.807) is 0 Å². The fourth-order valence-corrected chi connectivity index (χ4v) is 2.48. The SMILES string of the molecule is CC(C)C[C@H](NC(=O)[C@@H](N)CCC(=O)O)C(=O)N[C@@H](Cc1c[nH]cn1)C(=O)O. The average Bonchev–Trinajstić information content (AvgIpc) is 3.10. The molecule has 0 bridgehead atoms. The first-order valence-electron chi connectivity index (χ1n) is 8.88. The molecule has 1 heterocycles. The van der Waals surface area contributed by atoms with E-state index in [1.807, 2.05) is 13.8 Å². The fourth-order valence-electron chi connectivity index (χ4n) is 2.48. The number of carbonyl (C=O) groups excluding carboxylic acids is 2. The van der Waals surface area contributed by atoms with E-state index < -0.39 is 41.9 Å². The minimum atomic E-state index is -1.23. The number of carboxylic acid groups (broad SMARTS) is 2. The van der Waals surface area contributed by atoms with Gasteiger partial charge in [-0.1, -0.05) is 13.8 Å². The Kier molecular flexibility index (Phi) is 9.09. The van der Waals surface area contributed by atoms with Crippen molar-refractivity contribution in [3.63, 3.8) is 0 Å². The average molecular weight is 397 g/mol. The lowest BCUT2D eigenvalue weighted by Gasteiger charge is -2.24. The van der Waals surface area contributed by atoms with Crippen LogP contribution in [0.3, 0.4) is 0 Å². The van der Waals surface area contributed by atoms with Gasteiger partial charge in [0, 0.05) is 19.0 Å². The van der Waals surface area contributed by atoms with Gasteiger partial charge in [-0.15, -0.1) is 0 Å². The standard InChI is InChI=1S/C17H27N5O6/c1-9(2)5-12(21-15(25)11(18)3-4-14(23)24)16(26)22-13(17(27)28)6-10-7-19-8-20-10/h7-9,11-13H,3-6,18H2,1-2H3,(H,19,20)(H,21,25)(H,22,26)(H,23,24)(H,27,28)/t11-,12-,13-/m0/s1. The van der Waals surface area contributed by atoms with Crippen LogP contribution in [0.2, 0.25) is 0 Å². The van der Waals surface area contributed by atoms with E-state index in [9.17, 15) is 24.3 Å². The molecule has 0 aliphatic heterocycles. The lowest BCUT2D eigenvalue weighted by molar-refractivity contribution is -0.142. The number of nitrogens with two attached hydrogens (primary N) is 1. The molecule has 0 aromatic carbocycles. The lowest BCUT2D eigenvalue weighted by Crippen LogP contribution is -2.55. The van der Waals surface area contributed by atoms with Crippen LogP contribution in [0.1, 0.15) is 38.8 Å². The van der Waals surface area contributed by atoms with E-state index in [1.165, 1.54) is 12.5 Å². The molecule has 2 amide bonds. The molecule has 3 atom stereocenters. The quantitative estimate of drug-likeness (QED) is 0.265. The van der Waals surface area contributed by atoms with Crippen molar-refractivity contribution in [2.24, 2.45) is 11.7 Å². The van der Waals surface area contributed by atoms with Crippen LogP contribution in [0.4, 0.5) is 0 Å². The summed E-state index contributed by atoms with van der Waals surface area (Å²) in [5, 5.41) is 22.9. The number of rotatable bonds is 12. The van der Waals surface area contributed by atoms with Crippen LogP contribution in [0.25, 0.3) is 0 Å². The Morgan fingerprint density at radius 2 is 1.79 bits per heavy atom. The van der Waals surface area contributed by atoms with Gasteiger partial charge in [0.1, 0.15) is 12.1 Å². The van der Waals surface area contributed by atoms with Gasteiger partial charge in [0.05, 0.1) is 18.1 Å². The van der Waals surface area contributed by atoms with Gasteiger partial charge >= 0.3 is 11.9 Å². The Morgan fingerprint density at radius 1 is 1.14 bits per heavy atom. The van der Waals surface area contributed by atoms with Gasteiger partial charge in [0.2, 0.25) is 11.8 Å². The maximum absolute atomic E-state index is 12.6. The summed E-state index contributed by atoms with van der Waals surface area (Å²) >= 11 is 0. The number of nitrogens with one attached hydrogen (secondary N) is 3. The Bertz CT molecular complexity index is 676. The van der Waals surface area contributed by atoms with Crippen molar-refractivity contribution in [1.29, 1.82) is 0 Å². The highest BCUT2D eigenvalue weighted by Gasteiger charge is 2.29. The van der Waals surface area contributed by atoms with Gasteiger partial charge in [-0.05, 0) is 18.8 Å². The zero-order valence-electron chi connectivity index (χ0n) is 15.8. The third-order valence-electron chi connectivity index (χ3n) is 3.93. The molecule has 1 rings (SSSR count). The van der Waals surface area contributed by atoms with E-state index in [0.29, 0.717) is 5.69 Å². The van der Waals surface area contributed by atoms with Crippen molar-refractivity contribution < 1.29 is 29.4 Å². The topological polar surface area (TPSA) is 187 Å². The van der Waals surface area contributed by atoms with Crippen molar-refractivity contribution in [3.05, 3.63) is 18.2 Å². The van der Waals surface area contributed by atoms with E-state index in [-0.39, 0.29) is 31.6 Å².